The molecule has 0 spiro atoms. The standard InChI is InChI=1S/C5H8N2O2S/c1-2-9-5(8)7-4-3-6-10-7/h3-4,6H,2H2,1H3. The van der Waals surface area contributed by atoms with Gasteiger partial charge in [0.2, 0.25) is 0 Å². The van der Waals surface area contributed by atoms with E-state index < -0.39 is 0 Å². The predicted molar refractivity (Wildman–Crippen MR) is 38.7 cm³/mol. The second-order valence-electron chi connectivity index (χ2n) is 1.55. The molecular formula is C5H8N2O2S. The minimum atomic E-state index is -0.339. The molecule has 1 aliphatic heterocycles. The highest BCUT2D eigenvalue weighted by Gasteiger charge is 2.14. The van der Waals surface area contributed by atoms with Crippen LogP contribution in [0.25, 0.3) is 0 Å². The smallest absolute Gasteiger partial charge is 0.425 e. The number of hydrogen-bond acceptors (Lipinski definition) is 4. The van der Waals surface area contributed by atoms with Gasteiger partial charge in [0.1, 0.15) is 0 Å². The second kappa shape index (κ2) is 3.36. The molecule has 1 N–H and O–H groups in total. The van der Waals surface area contributed by atoms with E-state index in [0.29, 0.717) is 6.61 Å². The predicted octanol–water partition coefficient (Wildman–Crippen LogP) is 1.08. The third-order valence-corrected chi connectivity index (χ3v) is 1.59. The SMILES string of the molecule is CCOC(=O)N1C=CNS1. The van der Waals surface area contributed by atoms with E-state index in [1.807, 2.05) is 0 Å². The van der Waals surface area contributed by atoms with E-state index in [1.54, 1.807) is 19.3 Å². The summed E-state index contributed by atoms with van der Waals surface area (Å²) >= 11 is 1.19. The Bertz CT molecular complexity index is 160. The first kappa shape index (κ1) is 7.27. The molecule has 0 unspecified atom stereocenters. The van der Waals surface area contributed by atoms with Crippen molar-refractivity contribution in [2.24, 2.45) is 0 Å². The minimum Gasteiger partial charge on any atom is -0.449 e. The summed E-state index contributed by atoms with van der Waals surface area (Å²) in [4.78, 5) is 10.8. The molecular weight excluding hydrogens is 152 g/mol. The average Bonchev–Trinajstić information content (AvgIpc) is 2.38. The maximum atomic E-state index is 10.8. The fourth-order valence-electron chi connectivity index (χ4n) is 0.501. The van der Waals surface area contributed by atoms with E-state index in [1.165, 1.54) is 16.4 Å². The van der Waals surface area contributed by atoms with Crippen molar-refractivity contribution in [2.45, 2.75) is 6.92 Å². The molecule has 1 rings (SSSR count). The van der Waals surface area contributed by atoms with Crippen molar-refractivity contribution in [3.63, 3.8) is 0 Å². The van der Waals surface area contributed by atoms with Gasteiger partial charge < -0.3 is 9.46 Å². The molecule has 1 amide bonds. The van der Waals surface area contributed by atoms with Crippen LogP contribution in [0.5, 0.6) is 0 Å². The Balaban J connectivity index is 2.33. The molecule has 0 aromatic rings. The molecule has 0 aromatic carbocycles. The molecule has 1 aliphatic rings. The Kier molecular flexibility index (Phi) is 2.44. The average molecular weight is 160 g/mol. The Morgan fingerprint density at radius 3 is 3.20 bits per heavy atom. The van der Waals surface area contributed by atoms with Gasteiger partial charge in [-0.15, -0.1) is 0 Å². The Morgan fingerprint density at radius 1 is 1.90 bits per heavy atom. The van der Waals surface area contributed by atoms with Crippen molar-refractivity contribution in [3.05, 3.63) is 12.4 Å². The molecule has 0 fully saturated rings. The van der Waals surface area contributed by atoms with Gasteiger partial charge in [0, 0.05) is 12.4 Å². The lowest BCUT2D eigenvalue weighted by Crippen LogP contribution is -2.18. The molecule has 0 aliphatic carbocycles. The molecule has 0 saturated carbocycles. The van der Waals surface area contributed by atoms with Gasteiger partial charge >= 0.3 is 6.09 Å². The van der Waals surface area contributed by atoms with Crippen molar-refractivity contribution in [3.8, 4) is 0 Å². The largest absolute Gasteiger partial charge is 0.449 e. The molecule has 0 saturated heterocycles. The Hall–Kier alpha value is -0.840. The van der Waals surface area contributed by atoms with Gasteiger partial charge in [-0.05, 0) is 6.92 Å². The maximum Gasteiger partial charge on any atom is 0.425 e. The molecule has 0 bridgehead atoms. The first-order valence-electron chi connectivity index (χ1n) is 2.89. The van der Waals surface area contributed by atoms with E-state index in [9.17, 15) is 4.79 Å². The summed E-state index contributed by atoms with van der Waals surface area (Å²) < 4.78 is 8.85. The van der Waals surface area contributed by atoms with Gasteiger partial charge in [0.15, 0.2) is 0 Å². The lowest BCUT2D eigenvalue weighted by Gasteiger charge is -2.08. The van der Waals surface area contributed by atoms with E-state index in [-0.39, 0.29) is 6.09 Å². The minimum absolute atomic E-state index is 0.339. The van der Waals surface area contributed by atoms with Crippen LogP contribution in [-0.2, 0) is 4.74 Å². The highest BCUT2D eigenvalue weighted by atomic mass is 32.2. The summed E-state index contributed by atoms with van der Waals surface area (Å²) in [5.41, 5.74) is 0. The van der Waals surface area contributed by atoms with Crippen molar-refractivity contribution >= 4 is 18.2 Å². The topological polar surface area (TPSA) is 41.6 Å². The summed E-state index contributed by atoms with van der Waals surface area (Å²) in [6, 6.07) is 0. The first-order chi connectivity index (χ1) is 4.84. The van der Waals surface area contributed by atoms with Crippen molar-refractivity contribution < 1.29 is 9.53 Å². The zero-order chi connectivity index (χ0) is 7.40. The molecule has 56 valence electrons. The third kappa shape index (κ3) is 1.57. The van der Waals surface area contributed by atoms with Crippen LogP contribution < -0.4 is 4.72 Å². The number of nitrogens with one attached hydrogen (secondary N) is 1. The highest BCUT2D eigenvalue weighted by Crippen LogP contribution is 2.13. The Morgan fingerprint density at radius 2 is 2.70 bits per heavy atom. The highest BCUT2D eigenvalue weighted by molar-refractivity contribution is 7.96. The molecule has 4 nitrogen and oxygen atoms in total. The van der Waals surface area contributed by atoms with Gasteiger partial charge in [-0.1, -0.05) is 0 Å². The van der Waals surface area contributed by atoms with Gasteiger partial charge in [-0.2, -0.15) is 0 Å². The van der Waals surface area contributed by atoms with Crippen molar-refractivity contribution in [2.75, 3.05) is 6.61 Å². The van der Waals surface area contributed by atoms with Crippen LogP contribution in [0.1, 0.15) is 6.92 Å². The monoisotopic (exact) mass is 160 g/mol. The number of carbonyl (C=O) groups excluding carboxylic acids is 1. The maximum absolute atomic E-state index is 10.8. The summed E-state index contributed by atoms with van der Waals surface area (Å²) in [6.07, 6.45) is 2.94. The number of carbonyl (C=O) groups is 1. The van der Waals surface area contributed by atoms with E-state index >= 15 is 0 Å². The molecule has 10 heavy (non-hydrogen) atoms. The second-order valence-corrected chi connectivity index (χ2v) is 2.36. The number of nitrogens with zero attached hydrogens (tertiary/aromatic N) is 1. The van der Waals surface area contributed by atoms with Crippen LogP contribution in [0.4, 0.5) is 4.79 Å². The zero-order valence-electron chi connectivity index (χ0n) is 5.53. The Labute approximate surface area is 63.5 Å². The van der Waals surface area contributed by atoms with Crippen LogP contribution in [0.2, 0.25) is 0 Å². The van der Waals surface area contributed by atoms with Crippen LogP contribution in [-0.4, -0.2) is 17.0 Å². The number of rotatable bonds is 1. The number of amides is 1. The fraction of sp³-hybridized carbons (Fsp3) is 0.400. The van der Waals surface area contributed by atoms with Crippen LogP contribution >= 0.6 is 12.1 Å². The zero-order valence-corrected chi connectivity index (χ0v) is 6.35. The van der Waals surface area contributed by atoms with Crippen LogP contribution in [0.3, 0.4) is 0 Å². The number of ether oxygens (including phenoxy) is 1. The lowest BCUT2D eigenvalue weighted by molar-refractivity contribution is 0.142. The van der Waals surface area contributed by atoms with Gasteiger partial charge in [0.25, 0.3) is 0 Å². The summed E-state index contributed by atoms with van der Waals surface area (Å²) in [6.45, 7) is 2.18. The molecule has 0 atom stereocenters. The number of hydrogen-bond donors (Lipinski definition) is 1. The van der Waals surface area contributed by atoms with E-state index in [2.05, 4.69) is 4.72 Å². The van der Waals surface area contributed by atoms with Crippen LogP contribution in [0, 0.1) is 0 Å². The van der Waals surface area contributed by atoms with Gasteiger partial charge in [-0.3, -0.25) is 0 Å². The summed E-state index contributed by atoms with van der Waals surface area (Å²) in [7, 11) is 0. The van der Waals surface area contributed by atoms with Gasteiger partial charge in [0.05, 0.1) is 18.7 Å². The van der Waals surface area contributed by atoms with E-state index in [4.69, 9.17) is 4.74 Å². The normalized spacial score (nSPS) is 15.1. The third-order valence-electron chi connectivity index (χ3n) is 0.877. The quantitative estimate of drug-likeness (QED) is 0.583. The van der Waals surface area contributed by atoms with Crippen molar-refractivity contribution in [1.29, 1.82) is 0 Å². The van der Waals surface area contributed by atoms with E-state index in [0.717, 1.165) is 0 Å². The molecule has 1 heterocycles. The van der Waals surface area contributed by atoms with Crippen molar-refractivity contribution in [1.82, 2.24) is 9.03 Å². The lowest BCUT2D eigenvalue weighted by atomic mass is 10.8. The molecule has 0 aromatic heterocycles. The van der Waals surface area contributed by atoms with Crippen LogP contribution in [0.15, 0.2) is 12.4 Å². The molecule has 0 radical (unpaired) electrons. The first-order valence-corrected chi connectivity index (χ1v) is 3.67. The summed E-state index contributed by atoms with van der Waals surface area (Å²) in [5, 5.41) is 0. The molecule has 5 heteroatoms. The summed E-state index contributed by atoms with van der Waals surface area (Å²) in [5.74, 6) is 0. The fourth-order valence-corrected chi connectivity index (χ4v) is 0.985. The van der Waals surface area contributed by atoms with Gasteiger partial charge in [-0.25, -0.2) is 9.10 Å².